The number of hydrogen-bond acceptors (Lipinski definition) is 4. The third-order valence-corrected chi connectivity index (χ3v) is 1.17. The van der Waals surface area contributed by atoms with E-state index in [4.69, 9.17) is 10.9 Å². The van der Waals surface area contributed by atoms with Gasteiger partial charge in [-0.05, 0) is 12.1 Å². The summed E-state index contributed by atoms with van der Waals surface area (Å²) in [5, 5.41) is 8.16. The molecule has 0 atom stereocenters. The second-order valence-corrected chi connectivity index (χ2v) is 1.97. The number of amides is 2. The first-order chi connectivity index (χ1) is 5.65. The van der Waals surface area contributed by atoms with Crippen LogP contribution in [0.15, 0.2) is 16.5 Å². The first-order valence-corrected chi connectivity index (χ1v) is 2.99. The zero-order valence-corrected chi connectivity index (χ0v) is 5.90. The number of carbonyl (C=O) groups excluding carboxylic acids is 2. The van der Waals surface area contributed by atoms with Crippen molar-refractivity contribution in [3.8, 4) is 0 Å². The minimum Gasteiger partial charge on any atom is -0.446 e. The van der Waals surface area contributed by atoms with E-state index in [0.29, 0.717) is 0 Å². The third-order valence-electron chi connectivity index (χ3n) is 1.17. The molecule has 0 saturated heterocycles. The van der Waals surface area contributed by atoms with Gasteiger partial charge in [0.2, 0.25) is 0 Å². The monoisotopic (exact) mass is 170 g/mol. The number of hydrogen-bond donors (Lipinski definition) is 3. The van der Waals surface area contributed by atoms with Gasteiger partial charge in [-0.1, -0.05) is 0 Å². The van der Waals surface area contributed by atoms with E-state index in [1.807, 2.05) is 0 Å². The van der Waals surface area contributed by atoms with Crippen LogP contribution in [0.5, 0.6) is 0 Å². The molecule has 6 nitrogen and oxygen atoms in total. The Kier molecular flexibility index (Phi) is 2.11. The van der Waals surface area contributed by atoms with Gasteiger partial charge in [0.25, 0.3) is 5.91 Å². The fourth-order valence-corrected chi connectivity index (χ4v) is 0.647. The molecule has 0 aliphatic heterocycles. The molecule has 0 radical (unpaired) electrons. The zero-order valence-electron chi connectivity index (χ0n) is 5.90. The van der Waals surface area contributed by atoms with Crippen molar-refractivity contribution in [2.24, 2.45) is 5.73 Å². The largest absolute Gasteiger partial charge is 0.446 e. The van der Waals surface area contributed by atoms with Gasteiger partial charge in [-0.25, -0.2) is 5.48 Å². The van der Waals surface area contributed by atoms with Gasteiger partial charge in [-0.15, -0.1) is 0 Å². The Bertz CT molecular complexity index is 317. The molecule has 6 heteroatoms. The fourth-order valence-electron chi connectivity index (χ4n) is 0.647. The second kappa shape index (κ2) is 3.05. The highest BCUT2D eigenvalue weighted by Crippen LogP contribution is 2.06. The predicted octanol–water partition coefficient (Wildman–Crippen LogP) is -0.503. The summed E-state index contributed by atoms with van der Waals surface area (Å²) in [6, 6.07) is 2.47. The van der Waals surface area contributed by atoms with E-state index in [1.54, 1.807) is 0 Å². The summed E-state index contributed by atoms with van der Waals surface area (Å²) >= 11 is 0. The maximum atomic E-state index is 10.6. The van der Waals surface area contributed by atoms with Crippen molar-refractivity contribution < 1.29 is 19.2 Å². The summed E-state index contributed by atoms with van der Waals surface area (Å²) in [5.74, 6) is -1.91. The summed E-state index contributed by atoms with van der Waals surface area (Å²) in [7, 11) is 0. The van der Waals surface area contributed by atoms with E-state index in [0.717, 1.165) is 0 Å². The standard InChI is InChI=1S/C6H6N2O4/c7-5(9)3-1-2-4(12-3)6(10)8-11/h1-2,11H,(H2,7,9)(H,8,10). The normalized spacial score (nSPS) is 9.42. The molecular weight excluding hydrogens is 164 g/mol. The van der Waals surface area contributed by atoms with Gasteiger partial charge < -0.3 is 10.2 Å². The van der Waals surface area contributed by atoms with Gasteiger partial charge in [-0.2, -0.15) is 0 Å². The number of nitrogens with two attached hydrogens (primary N) is 1. The molecule has 1 aromatic rings. The van der Waals surface area contributed by atoms with Crippen LogP contribution < -0.4 is 11.2 Å². The molecule has 0 spiro atoms. The highest BCUT2D eigenvalue weighted by molar-refractivity contribution is 5.94. The van der Waals surface area contributed by atoms with Gasteiger partial charge in [0.15, 0.2) is 11.5 Å². The van der Waals surface area contributed by atoms with Gasteiger partial charge in [0, 0.05) is 0 Å². The summed E-state index contributed by atoms with van der Waals surface area (Å²) in [6.45, 7) is 0. The van der Waals surface area contributed by atoms with Crippen LogP contribution in [0.3, 0.4) is 0 Å². The maximum Gasteiger partial charge on any atom is 0.310 e. The van der Waals surface area contributed by atoms with Crippen LogP contribution in [0.25, 0.3) is 0 Å². The highest BCUT2D eigenvalue weighted by Gasteiger charge is 2.12. The molecule has 0 unspecified atom stereocenters. The van der Waals surface area contributed by atoms with Crippen LogP contribution in [0.4, 0.5) is 0 Å². The molecule has 4 N–H and O–H groups in total. The third kappa shape index (κ3) is 1.43. The lowest BCUT2D eigenvalue weighted by molar-refractivity contribution is 0.0673. The molecule has 0 aliphatic carbocycles. The lowest BCUT2D eigenvalue weighted by Gasteiger charge is -1.91. The van der Waals surface area contributed by atoms with Gasteiger partial charge in [-0.3, -0.25) is 14.8 Å². The van der Waals surface area contributed by atoms with E-state index in [-0.39, 0.29) is 11.5 Å². The number of carbonyl (C=O) groups is 2. The van der Waals surface area contributed by atoms with Gasteiger partial charge >= 0.3 is 5.91 Å². The van der Waals surface area contributed by atoms with Crippen molar-refractivity contribution >= 4 is 11.8 Å². The van der Waals surface area contributed by atoms with Crippen molar-refractivity contribution in [2.75, 3.05) is 0 Å². The average molecular weight is 170 g/mol. The molecule has 12 heavy (non-hydrogen) atoms. The van der Waals surface area contributed by atoms with Crippen molar-refractivity contribution in [1.29, 1.82) is 0 Å². The first-order valence-electron chi connectivity index (χ1n) is 2.99. The lowest BCUT2D eigenvalue weighted by Crippen LogP contribution is -2.17. The Morgan fingerprint density at radius 2 is 2.00 bits per heavy atom. The zero-order chi connectivity index (χ0) is 9.14. The topological polar surface area (TPSA) is 106 Å². The number of nitrogens with one attached hydrogen (secondary N) is 1. The Morgan fingerprint density at radius 1 is 1.42 bits per heavy atom. The number of hydroxylamine groups is 1. The minimum absolute atomic E-state index is 0.131. The van der Waals surface area contributed by atoms with Crippen molar-refractivity contribution in [3.05, 3.63) is 23.7 Å². The van der Waals surface area contributed by atoms with E-state index in [1.165, 1.54) is 17.6 Å². The predicted molar refractivity (Wildman–Crippen MR) is 36.5 cm³/mol. The molecule has 0 fully saturated rings. The van der Waals surface area contributed by atoms with Crippen LogP contribution >= 0.6 is 0 Å². The summed E-state index contributed by atoms with van der Waals surface area (Å²) < 4.78 is 4.65. The van der Waals surface area contributed by atoms with E-state index in [9.17, 15) is 9.59 Å². The first kappa shape index (κ1) is 8.28. The van der Waals surface area contributed by atoms with E-state index >= 15 is 0 Å². The quantitative estimate of drug-likeness (QED) is 0.410. The summed E-state index contributed by atoms with van der Waals surface area (Å²) in [6.07, 6.45) is 0. The molecule has 2 amide bonds. The number of rotatable bonds is 2. The maximum absolute atomic E-state index is 10.6. The van der Waals surface area contributed by atoms with Crippen molar-refractivity contribution in [3.63, 3.8) is 0 Å². The summed E-state index contributed by atoms with van der Waals surface area (Å²) in [4.78, 5) is 21.1. The number of furan rings is 1. The SMILES string of the molecule is NC(=O)c1ccc(C(=O)NO)o1. The molecule has 0 aromatic carbocycles. The minimum atomic E-state index is -0.831. The lowest BCUT2D eigenvalue weighted by atomic mass is 10.4. The molecule has 0 saturated carbocycles. The molecule has 1 aromatic heterocycles. The van der Waals surface area contributed by atoms with Crippen LogP contribution in [0, 0.1) is 0 Å². The van der Waals surface area contributed by atoms with Crippen molar-refractivity contribution in [2.45, 2.75) is 0 Å². The summed E-state index contributed by atoms with van der Waals surface area (Å²) in [5.41, 5.74) is 6.19. The molecule has 0 aliphatic rings. The molecular formula is C6H6N2O4. The smallest absolute Gasteiger partial charge is 0.310 e. The Labute approximate surface area is 66.9 Å². The molecule has 1 rings (SSSR count). The molecule has 1 heterocycles. The van der Waals surface area contributed by atoms with Crippen LogP contribution in [0.2, 0.25) is 0 Å². The molecule has 64 valence electrons. The van der Waals surface area contributed by atoms with Crippen LogP contribution in [0.1, 0.15) is 21.1 Å². The van der Waals surface area contributed by atoms with Crippen molar-refractivity contribution in [1.82, 2.24) is 5.48 Å². The van der Waals surface area contributed by atoms with Gasteiger partial charge in [0.05, 0.1) is 0 Å². The highest BCUT2D eigenvalue weighted by atomic mass is 16.5. The van der Waals surface area contributed by atoms with Crippen LogP contribution in [-0.4, -0.2) is 17.0 Å². The fraction of sp³-hybridized carbons (Fsp3) is 0. The molecule has 0 bridgehead atoms. The van der Waals surface area contributed by atoms with E-state index in [2.05, 4.69) is 4.42 Å². The second-order valence-electron chi connectivity index (χ2n) is 1.97. The van der Waals surface area contributed by atoms with E-state index < -0.39 is 11.8 Å². The Morgan fingerprint density at radius 3 is 2.42 bits per heavy atom. The Balaban J connectivity index is 2.91. The Hall–Kier alpha value is -1.82. The van der Waals surface area contributed by atoms with Crippen LogP contribution in [-0.2, 0) is 0 Å². The van der Waals surface area contributed by atoms with Gasteiger partial charge in [0.1, 0.15) is 0 Å². The average Bonchev–Trinajstić information content (AvgIpc) is 2.51. The number of primary amides is 1.